The molecular formula is C19H29N7O3S. The van der Waals surface area contributed by atoms with Gasteiger partial charge < -0.3 is 10.7 Å². The monoisotopic (exact) mass is 435 g/mol. The first-order valence-electron chi connectivity index (χ1n) is 9.43. The number of aromatic nitrogens is 4. The van der Waals surface area contributed by atoms with Gasteiger partial charge in [0.1, 0.15) is 0 Å². The van der Waals surface area contributed by atoms with E-state index in [-0.39, 0.29) is 35.5 Å². The van der Waals surface area contributed by atoms with Gasteiger partial charge in [-0.15, -0.1) is 0 Å². The average Bonchev–Trinajstić information content (AvgIpc) is 3.16. The van der Waals surface area contributed by atoms with Gasteiger partial charge in [0.05, 0.1) is 28.7 Å². The van der Waals surface area contributed by atoms with E-state index in [1.165, 1.54) is 10.5 Å². The van der Waals surface area contributed by atoms with Crippen LogP contribution in [0.15, 0.2) is 36.5 Å². The Bertz CT molecular complexity index is 1230. The molecule has 0 saturated carbocycles. The first-order valence-corrected chi connectivity index (χ1v) is 11.0. The number of rotatable bonds is 5. The van der Waals surface area contributed by atoms with Gasteiger partial charge in [0, 0.05) is 18.8 Å². The van der Waals surface area contributed by atoms with Crippen molar-refractivity contribution in [3.05, 3.63) is 47.9 Å². The molecule has 164 valence electrons. The summed E-state index contributed by atoms with van der Waals surface area (Å²) in [7, 11) is -3.24. The Kier molecular flexibility index (Phi) is 5.22. The van der Waals surface area contributed by atoms with E-state index in [1.807, 2.05) is 24.3 Å². The minimum absolute atomic E-state index is 0. The summed E-state index contributed by atoms with van der Waals surface area (Å²) in [6, 6.07) is 7.40. The van der Waals surface area contributed by atoms with Crippen LogP contribution in [0.5, 0.6) is 0 Å². The van der Waals surface area contributed by atoms with Crippen molar-refractivity contribution >= 4 is 44.3 Å². The van der Waals surface area contributed by atoms with E-state index in [9.17, 15) is 13.2 Å². The van der Waals surface area contributed by atoms with Gasteiger partial charge >= 0.3 is 0 Å². The second-order valence-electron chi connectivity index (χ2n) is 6.78. The summed E-state index contributed by atoms with van der Waals surface area (Å²) < 4.78 is 25.5. The maximum atomic E-state index is 12.7. The average molecular weight is 436 g/mol. The first kappa shape index (κ1) is 20.0. The van der Waals surface area contributed by atoms with Crippen LogP contribution < -0.4 is 11.1 Å². The van der Waals surface area contributed by atoms with Crippen LogP contribution in [0.4, 0.5) is 11.8 Å². The van der Waals surface area contributed by atoms with Crippen LogP contribution in [0.1, 0.15) is 35.2 Å². The van der Waals surface area contributed by atoms with E-state index >= 15 is 0 Å². The summed E-state index contributed by atoms with van der Waals surface area (Å²) in [4.78, 5) is 28.5. The number of H-pyrrole nitrogens is 1. The molecule has 0 radical (unpaired) electrons. The molecule has 10 nitrogen and oxygen atoms in total. The van der Waals surface area contributed by atoms with Gasteiger partial charge in [-0.1, -0.05) is 18.2 Å². The summed E-state index contributed by atoms with van der Waals surface area (Å²) in [5.41, 5.74) is 8.69. The number of amides is 1. The molecular weight excluding hydrogens is 406 g/mol. The van der Waals surface area contributed by atoms with Gasteiger partial charge in [0.15, 0.2) is 11.5 Å². The molecule has 1 aromatic carbocycles. The molecule has 1 aliphatic heterocycles. The van der Waals surface area contributed by atoms with Crippen LogP contribution in [0.25, 0.3) is 16.6 Å². The molecule has 3 heterocycles. The van der Waals surface area contributed by atoms with E-state index in [4.69, 9.17) is 5.73 Å². The highest BCUT2D eigenvalue weighted by molar-refractivity contribution is 7.89. The van der Waals surface area contributed by atoms with E-state index in [1.54, 1.807) is 13.0 Å². The molecule has 4 N–H and O–H groups in total. The minimum Gasteiger partial charge on any atom is -0.382 e. The fraction of sp³-hybridized carbons (Fsp3) is 0.263. The van der Waals surface area contributed by atoms with Crippen molar-refractivity contribution in [3.63, 3.8) is 0 Å². The van der Waals surface area contributed by atoms with Gasteiger partial charge in [-0.2, -0.15) is 4.31 Å². The zero-order chi connectivity index (χ0) is 21.3. The van der Waals surface area contributed by atoms with Gasteiger partial charge in [0.2, 0.25) is 16.0 Å². The Morgan fingerprint density at radius 3 is 2.83 bits per heavy atom. The lowest BCUT2D eigenvalue weighted by Gasteiger charge is -2.25. The van der Waals surface area contributed by atoms with Crippen molar-refractivity contribution in [1.82, 2.24) is 24.2 Å². The third kappa shape index (κ3) is 3.89. The lowest BCUT2D eigenvalue weighted by Crippen LogP contribution is -2.35. The van der Waals surface area contributed by atoms with Gasteiger partial charge in [-0.25, -0.2) is 23.4 Å². The predicted molar refractivity (Wildman–Crippen MR) is 123 cm³/mol. The SMILES string of the molecule is CCS(=O)(=O)N1CC=C(c2cnc(N)c(C(=O)Nc3nc4ccccc4[nH]3)n2)CC1.[HH].[HH].[HH].[HH]. The number of hydrogen-bond acceptors (Lipinski definition) is 7. The van der Waals surface area contributed by atoms with Crippen LogP contribution in [0.3, 0.4) is 0 Å². The van der Waals surface area contributed by atoms with Gasteiger partial charge in [0.25, 0.3) is 5.91 Å². The number of para-hydroxylation sites is 2. The Balaban J connectivity index is 0.00000272. The highest BCUT2D eigenvalue weighted by Crippen LogP contribution is 2.23. The molecule has 11 heteroatoms. The van der Waals surface area contributed by atoms with Gasteiger partial charge in [-0.05, 0) is 31.1 Å². The smallest absolute Gasteiger partial charge is 0.280 e. The minimum atomic E-state index is -3.24. The predicted octanol–water partition coefficient (Wildman–Crippen LogP) is 2.61. The third-order valence-electron chi connectivity index (χ3n) is 4.90. The van der Waals surface area contributed by atoms with Crippen LogP contribution in [0, 0.1) is 0 Å². The zero-order valence-electron chi connectivity index (χ0n) is 16.3. The van der Waals surface area contributed by atoms with E-state index in [0.29, 0.717) is 18.7 Å². The topological polar surface area (TPSA) is 147 Å². The quantitative estimate of drug-likeness (QED) is 0.558. The van der Waals surface area contributed by atoms with Crippen LogP contribution in [0.2, 0.25) is 0 Å². The van der Waals surface area contributed by atoms with E-state index in [0.717, 1.165) is 16.6 Å². The molecule has 0 spiro atoms. The molecule has 4 rings (SSSR count). The summed E-state index contributed by atoms with van der Waals surface area (Å²) in [6.45, 7) is 2.24. The number of hydrogen-bond donors (Lipinski definition) is 3. The first-order chi connectivity index (χ1) is 14.4. The number of carbonyl (C=O) groups is 1. The molecule has 1 amide bonds. The van der Waals surface area contributed by atoms with Crippen LogP contribution >= 0.6 is 0 Å². The standard InChI is InChI=1S/C19H21N7O3S.4H2/c1-2-30(28,29)26-9-7-12(8-10-26)15-11-21-17(20)16(22-15)18(27)25-19-23-13-5-3-4-6-14(13)24-19;;;;/h3-7,11H,2,8-10H2,1H3,(H2,20,21)(H2,23,24,25,27);4*1H. The number of carbonyl (C=O) groups excluding carboxylic acids is 1. The highest BCUT2D eigenvalue weighted by Gasteiger charge is 2.24. The number of nitrogen functional groups attached to an aromatic ring is 1. The molecule has 0 unspecified atom stereocenters. The number of aromatic amines is 1. The molecule has 30 heavy (non-hydrogen) atoms. The Labute approximate surface area is 179 Å². The lowest BCUT2D eigenvalue weighted by atomic mass is 10.1. The molecule has 1 aliphatic rings. The number of anilines is 2. The highest BCUT2D eigenvalue weighted by atomic mass is 32.2. The zero-order valence-corrected chi connectivity index (χ0v) is 17.1. The molecule has 3 aromatic rings. The fourth-order valence-corrected chi connectivity index (χ4v) is 4.25. The maximum Gasteiger partial charge on any atom is 0.280 e. The number of fused-ring (bicyclic) bond motifs is 1. The Hall–Kier alpha value is -3.31. The third-order valence-corrected chi connectivity index (χ3v) is 6.74. The summed E-state index contributed by atoms with van der Waals surface area (Å²) >= 11 is 0. The summed E-state index contributed by atoms with van der Waals surface area (Å²) in [6.07, 6.45) is 3.75. The van der Waals surface area contributed by atoms with Crippen molar-refractivity contribution in [2.24, 2.45) is 0 Å². The summed E-state index contributed by atoms with van der Waals surface area (Å²) in [5.74, 6) is -0.194. The normalized spacial score (nSPS) is 15.2. The van der Waals surface area contributed by atoms with Crippen molar-refractivity contribution in [2.45, 2.75) is 13.3 Å². The van der Waals surface area contributed by atoms with E-state index < -0.39 is 15.9 Å². The summed E-state index contributed by atoms with van der Waals surface area (Å²) in [5, 5.41) is 2.66. The number of nitrogens with one attached hydrogen (secondary N) is 2. The molecule has 0 atom stereocenters. The Morgan fingerprint density at radius 1 is 1.33 bits per heavy atom. The molecule has 0 bridgehead atoms. The second-order valence-corrected chi connectivity index (χ2v) is 9.04. The number of imidazole rings is 1. The number of sulfonamides is 1. The number of nitrogens with two attached hydrogens (primary N) is 1. The van der Waals surface area contributed by atoms with Crippen molar-refractivity contribution in [3.8, 4) is 0 Å². The van der Waals surface area contributed by atoms with Crippen LogP contribution in [-0.2, 0) is 10.0 Å². The molecule has 0 fully saturated rings. The van der Waals surface area contributed by atoms with Gasteiger partial charge in [-0.3, -0.25) is 10.1 Å². The molecule has 0 aliphatic carbocycles. The molecule has 0 saturated heterocycles. The largest absolute Gasteiger partial charge is 0.382 e. The van der Waals surface area contributed by atoms with Crippen molar-refractivity contribution in [2.75, 3.05) is 29.9 Å². The lowest BCUT2D eigenvalue weighted by molar-refractivity contribution is 0.102. The van der Waals surface area contributed by atoms with Crippen molar-refractivity contribution in [1.29, 1.82) is 0 Å². The van der Waals surface area contributed by atoms with E-state index in [2.05, 4.69) is 25.3 Å². The second kappa shape index (κ2) is 7.84. The Morgan fingerprint density at radius 2 is 2.13 bits per heavy atom. The number of benzene rings is 1. The fourth-order valence-electron chi connectivity index (χ4n) is 3.22. The van der Waals surface area contributed by atoms with Crippen LogP contribution in [-0.4, -0.2) is 57.4 Å². The van der Waals surface area contributed by atoms with Crippen molar-refractivity contribution < 1.29 is 18.9 Å². The maximum absolute atomic E-state index is 12.7. The number of nitrogens with zero attached hydrogens (tertiary/aromatic N) is 4. The molecule has 2 aromatic heterocycles.